The topological polar surface area (TPSA) is 99.5 Å². The maximum absolute atomic E-state index is 9.10. The predicted octanol–water partition coefficient (Wildman–Crippen LogP) is 3.33. The average molecular weight is 467 g/mol. The molecule has 4 rings (SSSR count). The second kappa shape index (κ2) is 12.0. The molecule has 3 aromatic carbocycles. The summed E-state index contributed by atoms with van der Waals surface area (Å²) in [5, 5.41) is 17.4. The summed E-state index contributed by atoms with van der Waals surface area (Å²) >= 11 is 0. The first kappa shape index (κ1) is 25.0. The van der Waals surface area contributed by atoms with Crippen molar-refractivity contribution < 1.29 is 29.3 Å². The number of methoxy groups -OCH3 is 2. The Morgan fingerprint density at radius 3 is 1.74 bits per heavy atom. The number of hydrogen-bond donors (Lipinski definition) is 2. The summed E-state index contributed by atoms with van der Waals surface area (Å²) in [6.45, 7) is 6.34. The van der Waals surface area contributed by atoms with Gasteiger partial charge in [0, 0.05) is 39.3 Å². The van der Waals surface area contributed by atoms with E-state index >= 15 is 0 Å². The molecule has 0 unspecified atom stereocenters. The van der Waals surface area contributed by atoms with Crippen LogP contribution in [0.1, 0.15) is 11.1 Å². The Kier molecular flexibility index (Phi) is 8.84. The number of fused-ring (bicyclic) bond motifs is 1. The highest BCUT2D eigenvalue weighted by molar-refractivity contribution is 6.27. The van der Waals surface area contributed by atoms with Crippen molar-refractivity contribution in [2.75, 3.05) is 40.4 Å². The van der Waals surface area contributed by atoms with Gasteiger partial charge in [-0.3, -0.25) is 9.80 Å². The lowest BCUT2D eigenvalue weighted by molar-refractivity contribution is -0.159. The molecule has 1 aliphatic heterocycles. The third kappa shape index (κ3) is 6.94. The molecule has 0 amide bonds. The predicted molar refractivity (Wildman–Crippen MR) is 129 cm³/mol. The molecule has 3 aromatic rings. The van der Waals surface area contributed by atoms with E-state index in [1.54, 1.807) is 14.2 Å². The van der Waals surface area contributed by atoms with Crippen LogP contribution in [0.5, 0.6) is 11.5 Å². The van der Waals surface area contributed by atoms with Gasteiger partial charge >= 0.3 is 11.9 Å². The number of piperazine rings is 1. The largest absolute Gasteiger partial charge is 0.493 e. The van der Waals surface area contributed by atoms with Crippen molar-refractivity contribution >= 4 is 22.7 Å². The molecule has 1 fully saturated rings. The Morgan fingerprint density at radius 2 is 1.21 bits per heavy atom. The molecule has 0 atom stereocenters. The van der Waals surface area contributed by atoms with Gasteiger partial charge < -0.3 is 19.7 Å². The standard InChI is InChI=1S/C24H28N2O2.C2H2O4/c1-27-23-10-8-20(16-24(23)28-2)18-26-13-11-25(12-14-26)17-19-7-9-21-5-3-4-6-22(21)15-19;3-1(4)2(5)6/h3-10,15-16H,11-14,17-18H2,1-2H3;(H,3,4)(H,5,6). The summed E-state index contributed by atoms with van der Waals surface area (Å²) < 4.78 is 10.8. The minimum Gasteiger partial charge on any atom is -0.493 e. The highest BCUT2D eigenvalue weighted by Gasteiger charge is 2.18. The molecule has 8 heteroatoms. The molecule has 0 aromatic heterocycles. The lowest BCUT2D eigenvalue weighted by Gasteiger charge is -2.34. The third-order valence-corrected chi connectivity index (χ3v) is 5.72. The normalized spacial score (nSPS) is 14.2. The SMILES string of the molecule is COc1ccc(CN2CCN(Cc3ccc4ccccc4c3)CC2)cc1OC.O=C(O)C(=O)O. The molecule has 0 bridgehead atoms. The van der Waals surface area contributed by atoms with Gasteiger partial charge in [0.25, 0.3) is 0 Å². The zero-order valence-electron chi connectivity index (χ0n) is 19.4. The Hall–Kier alpha value is -3.62. The molecule has 1 saturated heterocycles. The van der Waals surface area contributed by atoms with Crippen LogP contribution in [-0.4, -0.2) is 72.4 Å². The molecular formula is C26H30N2O6. The average Bonchev–Trinajstić information content (AvgIpc) is 2.85. The van der Waals surface area contributed by atoms with Gasteiger partial charge in [0.1, 0.15) is 0 Å². The number of carboxylic acids is 2. The number of rotatable bonds is 6. The fourth-order valence-corrected chi connectivity index (χ4v) is 3.94. The van der Waals surface area contributed by atoms with Crippen LogP contribution in [0.2, 0.25) is 0 Å². The lowest BCUT2D eigenvalue weighted by Crippen LogP contribution is -2.45. The van der Waals surface area contributed by atoms with E-state index < -0.39 is 11.9 Å². The summed E-state index contributed by atoms with van der Waals surface area (Å²) in [4.78, 5) is 23.3. The van der Waals surface area contributed by atoms with Crippen molar-refractivity contribution in [2.45, 2.75) is 13.1 Å². The second-order valence-electron chi connectivity index (χ2n) is 8.03. The minimum atomic E-state index is -1.82. The number of carbonyl (C=O) groups is 2. The molecule has 0 radical (unpaired) electrons. The first-order valence-corrected chi connectivity index (χ1v) is 11.0. The molecule has 0 saturated carbocycles. The first-order chi connectivity index (χ1) is 16.4. The van der Waals surface area contributed by atoms with Crippen LogP contribution in [0.15, 0.2) is 60.7 Å². The number of ether oxygens (including phenoxy) is 2. The highest BCUT2D eigenvalue weighted by atomic mass is 16.5. The second-order valence-corrected chi connectivity index (χ2v) is 8.03. The molecule has 1 aliphatic rings. The minimum absolute atomic E-state index is 0.784. The number of benzene rings is 3. The quantitative estimate of drug-likeness (QED) is 0.534. The van der Waals surface area contributed by atoms with E-state index in [1.807, 2.05) is 6.07 Å². The van der Waals surface area contributed by atoms with E-state index in [2.05, 4.69) is 64.4 Å². The monoisotopic (exact) mass is 466 g/mol. The van der Waals surface area contributed by atoms with Gasteiger partial charge in [-0.25, -0.2) is 9.59 Å². The zero-order valence-corrected chi connectivity index (χ0v) is 19.4. The van der Waals surface area contributed by atoms with E-state index in [0.717, 1.165) is 50.8 Å². The summed E-state index contributed by atoms with van der Waals surface area (Å²) in [5.74, 6) is -2.06. The van der Waals surface area contributed by atoms with Crippen LogP contribution in [0.25, 0.3) is 10.8 Å². The summed E-state index contributed by atoms with van der Waals surface area (Å²) in [7, 11) is 3.36. The van der Waals surface area contributed by atoms with E-state index in [4.69, 9.17) is 29.3 Å². The van der Waals surface area contributed by atoms with Gasteiger partial charge in [-0.2, -0.15) is 0 Å². The molecule has 2 N–H and O–H groups in total. The van der Waals surface area contributed by atoms with Crippen molar-refractivity contribution in [1.29, 1.82) is 0 Å². The maximum atomic E-state index is 9.10. The van der Waals surface area contributed by atoms with Crippen molar-refractivity contribution in [2.24, 2.45) is 0 Å². The molecule has 34 heavy (non-hydrogen) atoms. The van der Waals surface area contributed by atoms with Crippen molar-refractivity contribution in [3.8, 4) is 11.5 Å². The van der Waals surface area contributed by atoms with Crippen molar-refractivity contribution in [1.82, 2.24) is 9.80 Å². The molecule has 0 aliphatic carbocycles. The first-order valence-electron chi connectivity index (χ1n) is 11.0. The smallest absolute Gasteiger partial charge is 0.414 e. The van der Waals surface area contributed by atoms with E-state index in [0.29, 0.717) is 0 Å². The zero-order chi connectivity index (χ0) is 24.5. The van der Waals surface area contributed by atoms with Crippen LogP contribution >= 0.6 is 0 Å². The maximum Gasteiger partial charge on any atom is 0.414 e. The van der Waals surface area contributed by atoms with Gasteiger partial charge in [0.05, 0.1) is 14.2 Å². The Morgan fingerprint density at radius 1 is 0.706 bits per heavy atom. The van der Waals surface area contributed by atoms with Crippen molar-refractivity contribution in [3.05, 3.63) is 71.8 Å². The molecule has 8 nitrogen and oxygen atoms in total. The fourth-order valence-electron chi connectivity index (χ4n) is 3.94. The molecule has 180 valence electrons. The van der Waals surface area contributed by atoms with E-state index in [9.17, 15) is 0 Å². The van der Waals surface area contributed by atoms with Gasteiger partial charge in [-0.05, 0) is 40.1 Å². The lowest BCUT2D eigenvalue weighted by atomic mass is 10.1. The van der Waals surface area contributed by atoms with Crippen LogP contribution in [-0.2, 0) is 22.7 Å². The number of hydrogen-bond acceptors (Lipinski definition) is 6. The highest BCUT2D eigenvalue weighted by Crippen LogP contribution is 2.28. The Labute approximate surface area is 198 Å². The number of aliphatic carboxylic acids is 2. The van der Waals surface area contributed by atoms with Gasteiger partial charge in [0.2, 0.25) is 0 Å². The summed E-state index contributed by atoms with van der Waals surface area (Å²) in [6.07, 6.45) is 0. The molecular weight excluding hydrogens is 436 g/mol. The van der Waals surface area contributed by atoms with Crippen LogP contribution in [0.3, 0.4) is 0 Å². The number of nitrogens with zero attached hydrogens (tertiary/aromatic N) is 2. The van der Waals surface area contributed by atoms with Gasteiger partial charge in [0.15, 0.2) is 11.5 Å². The summed E-state index contributed by atoms with van der Waals surface area (Å²) in [5.41, 5.74) is 2.66. The molecule has 0 spiro atoms. The van der Waals surface area contributed by atoms with E-state index in [-0.39, 0.29) is 0 Å². The Balaban J connectivity index is 0.000000481. The van der Waals surface area contributed by atoms with Gasteiger partial charge in [-0.1, -0.05) is 42.5 Å². The fraction of sp³-hybridized carbons (Fsp3) is 0.308. The number of carboxylic acid groups (broad SMARTS) is 2. The van der Waals surface area contributed by atoms with Gasteiger partial charge in [-0.15, -0.1) is 0 Å². The summed E-state index contributed by atoms with van der Waals surface area (Å²) in [6, 6.07) is 21.6. The third-order valence-electron chi connectivity index (χ3n) is 5.72. The molecule has 1 heterocycles. The Bertz CT molecular complexity index is 1110. The van der Waals surface area contributed by atoms with Crippen molar-refractivity contribution in [3.63, 3.8) is 0 Å². The van der Waals surface area contributed by atoms with Crippen LogP contribution in [0, 0.1) is 0 Å². The van der Waals surface area contributed by atoms with Crippen LogP contribution in [0.4, 0.5) is 0 Å². The van der Waals surface area contributed by atoms with E-state index in [1.165, 1.54) is 21.9 Å². The van der Waals surface area contributed by atoms with Crippen LogP contribution < -0.4 is 9.47 Å².